The number of amides is 2. The smallest absolute Gasteiger partial charge is 0.431 e. The van der Waals surface area contributed by atoms with E-state index in [1.807, 2.05) is 44.2 Å². The number of ether oxygens (including phenoxy) is 4. The highest BCUT2D eigenvalue weighted by atomic mass is 16.7. The number of hydrogen-bond donors (Lipinski definition) is 0. The number of carbonyl (C=O) groups is 2. The summed E-state index contributed by atoms with van der Waals surface area (Å²) in [6.07, 6.45) is 1.58. The Bertz CT molecular complexity index is 1200. The van der Waals surface area contributed by atoms with Gasteiger partial charge in [-0.3, -0.25) is 9.59 Å². The molecular formula is C28H37N3O7. The van der Waals surface area contributed by atoms with Gasteiger partial charge in [0, 0.05) is 18.7 Å². The van der Waals surface area contributed by atoms with Crippen molar-refractivity contribution in [3.8, 4) is 5.75 Å². The Morgan fingerprint density at radius 1 is 1.11 bits per heavy atom. The van der Waals surface area contributed by atoms with Crippen LogP contribution in [0.25, 0.3) is 0 Å². The normalized spacial score (nSPS) is 17.9. The number of aromatic nitrogens is 1. The standard InChI is InChI=1S/C28H37N3O7/c1-19(2)29-18-30(27(34)38-28(3,4)5)31-21(17-36-23-13-9-10-14-35-23)15-22(32)25(24(31)26(29)33)37-16-20-11-7-6-8-12-20/h6-8,11-12,15,19,23H,9-10,13-14,16-18H2,1-5H3. The fraction of sp³-hybridized carbons (Fsp3) is 0.536. The predicted octanol–water partition coefficient (Wildman–Crippen LogP) is 4.17. The summed E-state index contributed by atoms with van der Waals surface area (Å²) in [5, 5.41) is 1.32. The van der Waals surface area contributed by atoms with Crippen LogP contribution < -0.4 is 15.2 Å². The number of benzene rings is 1. The maximum absolute atomic E-state index is 13.8. The van der Waals surface area contributed by atoms with E-state index < -0.39 is 29.3 Å². The van der Waals surface area contributed by atoms with E-state index in [9.17, 15) is 14.4 Å². The molecule has 2 amide bonds. The van der Waals surface area contributed by atoms with Crippen molar-refractivity contribution in [2.45, 2.75) is 85.0 Å². The van der Waals surface area contributed by atoms with Crippen molar-refractivity contribution in [1.29, 1.82) is 0 Å². The van der Waals surface area contributed by atoms with Gasteiger partial charge in [0.2, 0.25) is 5.43 Å². The molecule has 206 valence electrons. The van der Waals surface area contributed by atoms with Gasteiger partial charge in [-0.25, -0.2) is 9.47 Å². The largest absolute Gasteiger partial charge is 0.482 e. The zero-order valence-electron chi connectivity index (χ0n) is 22.8. The molecule has 1 saturated heterocycles. The number of fused-ring (bicyclic) bond motifs is 1. The second-order valence-corrected chi connectivity index (χ2v) is 10.8. The molecule has 1 atom stereocenters. The molecule has 1 fully saturated rings. The molecule has 10 nitrogen and oxygen atoms in total. The van der Waals surface area contributed by atoms with Gasteiger partial charge in [-0.05, 0) is 59.4 Å². The van der Waals surface area contributed by atoms with Gasteiger partial charge < -0.3 is 23.8 Å². The van der Waals surface area contributed by atoms with Crippen molar-refractivity contribution in [3.63, 3.8) is 0 Å². The molecule has 2 aromatic rings. The van der Waals surface area contributed by atoms with Crippen LogP contribution in [-0.4, -0.2) is 52.8 Å². The molecule has 2 aliphatic rings. The summed E-state index contributed by atoms with van der Waals surface area (Å²) < 4.78 is 24.7. The lowest BCUT2D eigenvalue weighted by atomic mass is 10.2. The molecule has 0 aliphatic carbocycles. The number of carbonyl (C=O) groups excluding carboxylic acids is 2. The first-order valence-electron chi connectivity index (χ1n) is 13.1. The van der Waals surface area contributed by atoms with Gasteiger partial charge in [-0.1, -0.05) is 30.3 Å². The van der Waals surface area contributed by atoms with E-state index in [0.717, 1.165) is 24.8 Å². The number of rotatable bonds is 7. The quantitative estimate of drug-likeness (QED) is 0.533. The molecular weight excluding hydrogens is 490 g/mol. The monoisotopic (exact) mass is 527 g/mol. The van der Waals surface area contributed by atoms with Crippen LogP contribution in [0.15, 0.2) is 41.2 Å². The molecule has 0 spiro atoms. The van der Waals surface area contributed by atoms with Crippen LogP contribution >= 0.6 is 0 Å². The van der Waals surface area contributed by atoms with E-state index >= 15 is 0 Å². The van der Waals surface area contributed by atoms with E-state index in [4.69, 9.17) is 18.9 Å². The second kappa shape index (κ2) is 11.6. The molecule has 0 bridgehead atoms. The first kappa shape index (κ1) is 27.7. The summed E-state index contributed by atoms with van der Waals surface area (Å²) in [5.41, 5.74) is -0.130. The highest BCUT2D eigenvalue weighted by Crippen LogP contribution is 2.27. The summed E-state index contributed by atoms with van der Waals surface area (Å²) in [5.74, 6) is -0.550. The lowest BCUT2D eigenvalue weighted by Crippen LogP contribution is -2.59. The summed E-state index contributed by atoms with van der Waals surface area (Å²) in [7, 11) is 0. The first-order chi connectivity index (χ1) is 18.0. The molecule has 1 unspecified atom stereocenters. The molecule has 4 rings (SSSR count). The van der Waals surface area contributed by atoms with E-state index in [2.05, 4.69) is 0 Å². The minimum Gasteiger partial charge on any atom is -0.482 e. The van der Waals surface area contributed by atoms with Gasteiger partial charge in [-0.15, -0.1) is 0 Å². The Hall–Kier alpha value is -3.37. The van der Waals surface area contributed by atoms with Crippen LogP contribution in [0.1, 0.15) is 75.6 Å². The van der Waals surface area contributed by atoms with Gasteiger partial charge in [0.25, 0.3) is 5.91 Å². The Kier molecular flexibility index (Phi) is 8.42. The van der Waals surface area contributed by atoms with Crippen LogP contribution in [0.3, 0.4) is 0 Å². The molecule has 38 heavy (non-hydrogen) atoms. The molecule has 0 radical (unpaired) electrons. The highest BCUT2D eigenvalue weighted by molar-refractivity contribution is 5.98. The first-order valence-corrected chi connectivity index (χ1v) is 13.1. The molecule has 1 aromatic heterocycles. The maximum Gasteiger partial charge on any atom is 0.431 e. The van der Waals surface area contributed by atoms with Gasteiger partial charge in [0.15, 0.2) is 17.7 Å². The highest BCUT2D eigenvalue weighted by Gasteiger charge is 2.40. The van der Waals surface area contributed by atoms with Crippen molar-refractivity contribution in [2.24, 2.45) is 0 Å². The van der Waals surface area contributed by atoms with E-state index in [1.165, 1.54) is 20.7 Å². The summed E-state index contributed by atoms with van der Waals surface area (Å²) in [4.78, 5) is 42.1. The topological polar surface area (TPSA) is 99.5 Å². The third-order valence-electron chi connectivity index (χ3n) is 6.22. The summed E-state index contributed by atoms with van der Waals surface area (Å²) in [6.45, 7) is 9.57. The SMILES string of the molecule is CC(C)N1CN(C(=O)OC(C)(C)C)n2c(COC3CCCCO3)cc(=O)c(OCc3ccccc3)c2C1=O. The Morgan fingerprint density at radius 2 is 1.84 bits per heavy atom. The molecule has 1 aromatic carbocycles. The molecule has 3 heterocycles. The molecule has 10 heteroatoms. The van der Waals surface area contributed by atoms with E-state index in [0.29, 0.717) is 12.3 Å². The van der Waals surface area contributed by atoms with Crippen LogP contribution in [0.5, 0.6) is 5.75 Å². The molecule has 2 aliphatic heterocycles. The van der Waals surface area contributed by atoms with Crippen molar-refractivity contribution in [2.75, 3.05) is 18.3 Å². The third-order valence-corrected chi connectivity index (χ3v) is 6.22. The minimum absolute atomic E-state index is 0.0394. The lowest BCUT2D eigenvalue weighted by Gasteiger charge is -2.41. The van der Waals surface area contributed by atoms with Crippen molar-refractivity contribution in [3.05, 3.63) is 63.6 Å². The van der Waals surface area contributed by atoms with Gasteiger partial charge >= 0.3 is 6.09 Å². The fourth-order valence-corrected chi connectivity index (χ4v) is 4.35. The third kappa shape index (κ3) is 6.36. The van der Waals surface area contributed by atoms with Crippen molar-refractivity contribution < 1.29 is 28.5 Å². The zero-order valence-corrected chi connectivity index (χ0v) is 22.8. The minimum atomic E-state index is -0.778. The van der Waals surface area contributed by atoms with Crippen LogP contribution in [0.4, 0.5) is 4.79 Å². The number of pyridine rings is 1. The maximum atomic E-state index is 13.8. The average molecular weight is 528 g/mol. The van der Waals surface area contributed by atoms with Crippen LogP contribution in [0.2, 0.25) is 0 Å². The molecule has 0 saturated carbocycles. The average Bonchev–Trinajstić information content (AvgIpc) is 2.87. The van der Waals surface area contributed by atoms with Gasteiger partial charge in [-0.2, -0.15) is 5.01 Å². The number of nitrogens with zero attached hydrogens (tertiary/aromatic N) is 3. The zero-order chi connectivity index (χ0) is 27.4. The van der Waals surface area contributed by atoms with Crippen LogP contribution in [0, 0.1) is 0 Å². The van der Waals surface area contributed by atoms with Gasteiger partial charge in [0.1, 0.15) is 18.9 Å². The Balaban J connectivity index is 1.80. The van der Waals surface area contributed by atoms with Crippen molar-refractivity contribution >= 4 is 12.0 Å². The van der Waals surface area contributed by atoms with Crippen molar-refractivity contribution in [1.82, 2.24) is 9.58 Å². The van der Waals surface area contributed by atoms with Crippen LogP contribution in [-0.2, 0) is 27.4 Å². The van der Waals surface area contributed by atoms with E-state index in [1.54, 1.807) is 20.8 Å². The Morgan fingerprint density at radius 3 is 2.47 bits per heavy atom. The summed E-state index contributed by atoms with van der Waals surface area (Å²) in [6, 6.07) is 10.4. The number of hydrogen-bond acceptors (Lipinski definition) is 7. The van der Waals surface area contributed by atoms with Gasteiger partial charge in [0.05, 0.1) is 12.3 Å². The lowest BCUT2D eigenvalue weighted by molar-refractivity contribution is -0.170. The Labute approximate surface area is 223 Å². The second-order valence-electron chi connectivity index (χ2n) is 10.8. The fourth-order valence-electron chi connectivity index (χ4n) is 4.35. The summed E-state index contributed by atoms with van der Waals surface area (Å²) >= 11 is 0. The van der Waals surface area contributed by atoms with E-state index in [-0.39, 0.29) is 37.4 Å². The molecule has 0 N–H and O–H groups in total. The predicted molar refractivity (Wildman–Crippen MR) is 140 cm³/mol.